The van der Waals surface area contributed by atoms with Gasteiger partial charge in [-0.1, -0.05) is 19.0 Å². The van der Waals surface area contributed by atoms with Crippen molar-refractivity contribution in [2.24, 2.45) is 5.92 Å². The van der Waals surface area contributed by atoms with Crippen molar-refractivity contribution in [3.63, 3.8) is 0 Å². The highest BCUT2D eigenvalue weighted by molar-refractivity contribution is 5.99. The molecule has 0 radical (unpaired) electrons. The van der Waals surface area contributed by atoms with Crippen LogP contribution in [-0.4, -0.2) is 86.4 Å². The van der Waals surface area contributed by atoms with E-state index < -0.39 is 41.4 Å². The van der Waals surface area contributed by atoms with Crippen LogP contribution >= 0.6 is 0 Å². The van der Waals surface area contributed by atoms with Crippen molar-refractivity contribution < 1.29 is 37.9 Å². The van der Waals surface area contributed by atoms with E-state index in [1.54, 1.807) is 13.8 Å². The van der Waals surface area contributed by atoms with E-state index in [-0.39, 0.29) is 37.0 Å². The molecule has 1 aromatic rings. The van der Waals surface area contributed by atoms with Gasteiger partial charge < -0.3 is 34.7 Å². The second-order valence-electron chi connectivity index (χ2n) is 9.22. The summed E-state index contributed by atoms with van der Waals surface area (Å²) in [4.78, 5) is 51.4. The molecular formula is C23H36N4O8. The minimum Gasteiger partial charge on any atom is -0.385 e. The minimum atomic E-state index is -1.10. The molecule has 0 bridgehead atoms. The maximum atomic E-state index is 13.1. The van der Waals surface area contributed by atoms with Gasteiger partial charge in [-0.2, -0.15) is 0 Å². The Morgan fingerprint density at radius 3 is 2.20 bits per heavy atom. The molecule has 3 N–H and O–H groups in total. The molecule has 1 saturated heterocycles. The second kappa shape index (κ2) is 12.8. The summed E-state index contributed by atoms with van der Waals surface area (Å²) >= 11 is 0. The van der Waals surface area contributed by atoms with E-state index >= 15 is 0 Å². The third-order valence-corrected chi connectivity index (χ3v) is 5.50. The number of nitrogens with zero attached hydrogens (tertiary/aromatic N) is 1. The first-order valence-corrected chi connectivity index (χ1v) is 11.5. The van der Waals surface area contributed by atoms with Gasteiger partial charge in [-0.15, -0.1) is 0 Å². The Hall–Kier alpha value is -2.83. The number of nitrogens with one attached hydrogen (secondary N) is 3. The van der Waals surface area contributed by atoms with Gasteiger partial charge in [0, 0.05) is 26.9 Å². The number of aromatic nitrogens is 1. The lowest BCUT2D eigenvalue weighted by Crippen LogP contribution is -2.58. The maximum Gasteiger partial charge on any atom is 0.274 e. The van der Waals surface area contributed by atoms with Gasteiger partial charge in [-0.05, 0) is 32.6 Å². The van der Waals surface area contributed by atoms with Crippen LogP contribution in [0, 0.1) is 12.8 Å². The Morgan fingerprint density at radius 1 is 1.06 bits per heavy atom. The lowest BCUT2D eigenvalue weighted by Gasteiger charge is -2.26. The Balaban J connectivity index is 2.10. The molecule has 0 saturated carbocycles. The first-order chi connectivity index (χ1) is 16.5. The summed E-state index contributed by atoms with van der Waals surface area (Å²) in [5.41, 5.74) is -0.878. The number of aryl methyl sites for hydroxylation is 1. The number of amides is 3. The number of hydrogen-bond donors (Lipinski definition) is 3. The fourth-order valence-electron chi connectivity index (χ4n) is 3.43. The van der Waals surface area contributed by atoms with Gasteiger partial charge in [0.2, 0.25) is 11.8 Å². The van der Waals surface area contributed by atoms with Crippen LogP contribution in [0.1, 0.15) is 49.9 Å². The molecule has 1 aliphatic rings. The standard InChI is InChI=1S/C23H36N4O8/c1-13(2)9-16(19(28)23(4)12-34-23)25-22(31)18(11-33-6)26-20(29)15(7-8-32-5)24-21(30)17-10-14(3)35-27-17/h10,13,15-16,18H,7-9,11-12H2,1-6H3,(H,24,30)(H,25,31)(H,26,29)/t15?,16?,18-,23?/m0/s1. The third-order valence-electron chi connectivity index (χ3n) is 5.50. The second-order valence-corrected chi connectivity index (χ2v) is 9.22. The average Bonchev–Trinajstić information content (AvgIpc) is 3.40. The van der Waals surface area contributed by atoms with Crippen molar-refractivity contribution in [1.82, 2.24) is 21.1 Å². The van der Waals surface area contributed by atoms with E-state index in [1.807, 2.05) is 13.8 Å². The van der Waals surface area contributed by atoms with Crippen LogP contribution in [0.3, 0.4) is 0 Å². The zero-order chi connectivity index (χ0) is 26.2. The summed E-state index contributed by atoms with van der Waals surface area (Å²) in [6.45, 7) is 7.55. The molecule has 2 heterocycles. The highest BCUT2D eigenvalue weighted by Crippen LogP contribution is 2.29. The van der Waals surface area contributed by atoms with E-state index in [9.17, 15) is 19.2 Å². The quantitative estimate of drug-likeness (QED) is 0.287. The molecule has 0 aromatic carbocycles. The number of epoxide rings is 1. The van der Waals surface area contributed by atoms with Crippen LogP contribution in [0.5, 0.6) is 0 Å². The maximum absolute atomic E-state index is 13.1. The van der Waals surface area contributed by atoms with Crippen molar-refractivity contribution >= 4 is 23.5 Å². The van der Waals surface area contributed by atoms with E-state index in [4.69, 9.17) is 18.7 Å². The molecule has 0 aliphatic carbocycles. The lowest BCUT2D eigenvalue weighted by molar-refractivity contribution is -0.134. The van der Waals surface area contributed by atoms with Crippen molar-refractivity contribution in [3.8, 4) is 0 Å². The van der Waals surface area contributed by atoms with E-state index in [0.717, 1.165) is 0 Å². The first kappa shape index (κ1) is 28.4. The van der Waals surface area contributed by atoms with E-state index in [2.05, 4.69) is 21.1 Å². The Morgan fingerprint density at radius 2 is 1.69 bits per heavy atom. The van der Waals surface area contributed by atoms with Crippen molar-refractivity contribution in [2.45, 2.75) is 64.3 Å². The largest absolute Gasteiger partial charge is 0.385 e. The zero-order valence-electron chi connectivity index (χ0n) is 21.1. The number of Topliss-reactive ketones (excluding diaryl/α,β-unsaturated/α-hetero) is 1. The zero-order valence-corrected chi connectivity index (χ0v) is 21.1. The van der Waals surface area contributed by atoms with Crippen LogP contribution < -0.4 is 16.0 Å². The fraction of sp³-hybridized carbons (Fsp3) is 0.696. The monoisotopic (exact) mass is 496 g/mol. The number of carbonyl (C=O) groups excluding carboxylic acids is 4. The summed E-state index contributed by atoms with van der Waals surface area (Å²) in [6, 6.07) is -1.44. The van der Waals surface area contributed by atoms with Crippen LogP contribution in [0.15, 0.2) is 10.6 Å². The van der Waals surface area contributed by atoms with Gasteiger partial charge in [-0.25, -0.2) is 0 Å². The first-order valence-electron chi connectivity index (χ1n) is 11.5. The van der Waals surface area contributed by atoms with Gasteiger partial charge in [0.25, 0.3) is 5.91 Å². The molecular weight excluding hydrogens is 460 g/mol. The molecule has 1 aliphatic heterocycles. The summed E-state index contributed by atoms with van der Waals surface area (Å²) in [5.74, 6) is -1.43. The summed E-state index contributed by atoms with van der Waals surface area (Å²) in [5, 5.41) is 11.6. The molecule has 12 heteroatoms. The number of methoxy groups -OCH3 is 2. The Labute approximate surface area is 204 Å². The van der Waals surface area contributed by atoms with E-state index in [0.29, 0.717) is 18.8 Å². The predicted molar refractivity (Wildman–Crippen MR) is 124 cm³/mol. The minimum absolute atomic E-state index is 0.0229. The molecule has 196 valence electrons. The van der Waals surface area contributed by atoms with Gasteiger partial charge in [-0.3, -0.25) is 19.2 Å². The molecule has 3 amide bonds. The Kier molecular flexibility index (Phi) is 10.3. The molecule has 4 atom stereocenters. The number of ether oxygens (including phenoxy) is 3. The molecule has 35 heavy (non-hydrogen) atoms. The molecule has 0 spiro atoms. The molecule has 3 unspecified atom stereocenters. The third kappa shape index (κ3) is 8.41. The highest BCUT2D eigenvalue weighted by atomic mass is 16.6. The van der Waals surface area contributed by atoms with Crippen molar-refractivity contribution in [3.05, 3.63) is 17.5 Å². The van der Waals surface area contributed by atoms with Gasteiger partial charge in [0.1, 0.15) is 23.4 Å². The number of rotatable bonds is 15. The van der Waals surface area contributed by atoms with Crippen molar-refractivity contribution in [1.29, 1.82) is 0 Å². The highest BCUT2D eigenvalue weighted by Gasteiger charge is 2.50. The molecule has 2 rings (SSSR count). The Bertz CT molecular complexity index is 896. The number of hydrogen-bond acceptors (Lipinski definition) is 9. The fourth-order valence-corrected chi connectivity index (χ4v) is 3.43. The summed E-state index contributed by atoms with van der Waals surface area (Å²) in [6.07, 6.45) is 0.567. The summed E-state index contributed by atoms with van der Waals surface area (Å²) < 4.78 is 20.3. The van der Waals surface area contributed by atoms with Crippen LogP contribution in [-0.2, 0) is 28.6 Å². The smallest absolute Gasteiger partial charge is 0.274 e. The molecule has 1 aromatic heterocycles. The lowest BCUT2D eigenvalue weighted by atomic mass is 9.93. The summed E-state index contributed by atoms with van der Waals surface area (Å²) in [7, 11) is 2.86. The van der Waals surface area contributed by atoms with Gasteiger partial charge >= 0.3 is 0 Å². The van der Waals surface area contributed by atoms with Gasteiger partial charge in [0.05, 0.1) is 19.3 Å². The van der Waals surface area contributed by atoms with Crippen LogP contribution in [0.4, 0.5) is 0 Å². The number of carbonyl (C=O) groups is 4. The normalized spacial score (nSPS) is 19.5. The van der Waals surface area contributed by atoms with Crippen LogP contribution in [0.2, 0.25) is 0 Å². The van der Waals surface area contributed by atoms with Crippen LogP contribution in [0.25, 0.3) is 0 Å². The molecule has 12 nitrogen and oxygen atoms in total. The van der Waals surface area contributed by atoms with E-state index in [1.165, 1.54) is 20.3 Å². The van der Waals surface area contributed by atoms with Crippen molar-refractivity contribution in [2.75, 3.05) is 34.0 Å². The predicted octanol–water partition coefficient (Wildman–Crippen LogP) is 0.138. The molecule has 1 fully saturated rings. The SMILES string of the molecule is COCCC(NC(=O)c1cc(C)on1)C(=O)N[C@@H](COC)C(=O)NC(CC(C)C)C(=O)C1(C)CO1. The number of ketones is 1. The average molecular weight is 497 g/mol. The topological polar surface area (TPSA) is 161 Å². The van der Waals surface area contributed by atoms with Gasteiger partial charge in [0.15, 0.2) is 11.5 Å².